The second kappa shape index (κ2) is 3.73. The minimum Gasteiger partial charge on any atom is -0.271 e. The molecule has 1 saturated carbocycles. The highest BCUT2D eigenvalue weighted by atomic mass is 15.2. The monoisotopic (exact) mass is 174 g/mol. The second-order valence-corrected chi connectivity index (χ2v) is 3.33. The molecule has 1 aromatic carbocycles. The van der Waals surface area contributed by atoms with Crippen molar-refractivity contribution in [3.05, 3.63) is 41.5 Å². The van der Waals surface area contributed by atoms with Gasteiger partial charge in [-0.15, -0.1) is 0 Å². The molecule has 1 fully saturated rings. The molecule has 2 nitrogen and oxygen atoms in total. The molecule has 3 N–H and O–H groups in total. The van der Waals surface area contributed by atoms with Crippen LogP contribution in [-0.4, -0.2) is 6.54 Å². The molecule has 1 aliphatic carbocycles. The van der Waals surface area contributed by atoms with Crippen LogP contribution in [0.5, 0.6) is 0 Å². The van der Waals surface area contributed by atoms with E-state index in [1.807, 2.05) is 6.07 Å². The van der Waals surface area contributed by atoms with Crippen molar-refractivity contribution in [1.29, 1.82) is 0 Å². The van der Waals surface area contributed by atoms with E-state index in [0.29, 0.717) is 0 Å². The van der Waals surface area contributed by atoms with Crippen LogP contribution in [0.1, 0.15) is 18.4 Å². The lowest BCUT2D eigenvalue weighted by Gasteiger charge is -2.05. The minimum atomic E-state index is 0.777. The van der Waals surface area contributed by atoms with E-state index in [9.17, 15) is 0 Å². The van der Waals surface area contributed by atoms with Gasteiger partial charge in [-0.3, -0.25) is 11.3 Å². The van der Waals surface area contributed by atoms with Gasteiger partial charge >= 0.3 is 0 Å². The molecule has 2 heteroatoms. The van der Waals surface area contributed by atoms with Gasteiger partial charge in [0.15, 0.2) is 0 Å². The van der Waals surface area contributed by atoms with Crippen LogP contribution in [-0.2, 0) is 0 Å². The zero-order chi connectivity index (χ0) is 9.10. The van der Waals surface area contributed by atoms with Crippen molar-refractivity contribution in [2.45, 2.75) is 12.8 Å². The minimum absolute atomic E-state index is 0.777. The number of benzene rings is 1. The highest BCUT2D eigenvalue weighted by molar-refractivity contribution is 5.72. The van der Waals surface area contributed by atoms with E-state index >= 15 is 0 Å². The zero-order valence-corrected chi connectivity index (χ0v) is 7.59. The van der Waals surface area contributed by atoms with Crippen molar-refractivity contribution in [3.63, 3.8) is 0 Å². The average Bonchev–Trinajstić information content (AvgIpc) is 2.99. The summed E-state index contributed by atoms with van der Waals surface area (Å²) in [7, 11) is 0. The van der Waals surface area contributed by atoms with E-state index in [0.717, 1.165) is 6.54 Å². The molecular weight excluding hydrogens is 160 g/mol. The van der Waals surface area contributed by atoms with E-state index in [1.165, 1.54) is 24.0 Å². The van der Waals surface area contributed by atoms with Crippen molar-refractivity contribution in [2.24, 2.45) is 5.84 Å². The maximum Gasteiger partial charge on any atom is 0.0354 e. The molecule has 0 radical (unpaired) electrons. The summed E-state index contributed by atoms with van der Waals surface area (Å²) in [5.41, 5.74) is 6.95. The van der Waals surface area contributed by atoms with Crippen molar-refractivity contribution in [1.82, 2.24) is 5.43 Å². The summed E-state index contributed by atoms with van der Waals surface area (Å²) in [5, 5.41) is 0. The molecule has 2 rings (SSSR count). The molecular formula is C11H14N2. The Balaban J connectivity index is 2.27. The fraction of sp³-hybridized carbons (Fsp3) is 0.273. The number of nitrogens with one attached hydrogen (secondary N) is 1. The summed E-state index contributed by atoms with van der Waals surface area (Å²) < 4.78 is 0. The molecule has 0 heterocycles. The Hall–Kier alpha value is -1.12. The summed E-state index contributed by atoms with van der Waals surface area (Å²) in [6.45, 7) is 0.777. The number of nitrogens with two attached hydrogens (primary N) is 1. The summed E-state index contributed by atoms with van der Waals surface area (Å²) >= 11 is 0. The van der Waals surface area contributed by atoms with Crippen molar-refractivity contribution in [3.8, 4) is 0 Å². The Kier molecular flexibility index (Phi) is 2.43. The SMILES string of the molecule is NNCC(=C1CC1)c1ccccc1. The van der Waals surface area contributed by atoms with Gasteiger partial charge in [0, 0.05) is 6.54 Å². The van der Waals surface area contributed by atoms with Crippen molar-refractivity contribution in [2.75, 3.05) is 6.54 Å². The van der Waals surface area contributed by atoms with Crippen molar-refractivity contribution < 1.29 is 0 Å². The van der Waals surface area contributed by atoms with E-state index in [2.05, 4.69) is 29.7 Å². The number of hydrogen-bond donors (Lipinski definition) is 2. The first kappa shape index (κ1) is 8.48. The maximum absolute atomic E-state index is 5.35. The number of hydrazine groups is 1. The second-order valence-electron chi connectivity index (χ2n) is 3.33. The van der Waals surface area contributed by atoms with Crippen LogP contribution in [0.25, 0.3) is 5.57 Å². The zero-order valence-electron chi connectivity index (χ0n) is 7.59. The Morgan fingerprint density at radius 2 is 1.92 bits per heavy atom. The van der Waals surface area contributed by atoms with Crippen molar-refractivity contribution >= 4 is 5.57 Å². The first-order chi connectivity index (χ1) is 6.42. The molecule has 0 atom stereocenters. The third kappa shape index (κ3) is 1.97. The Morgan fingerprint density at radius 1 is 1.23 bits per heavy atom. The fourth-order valence-electron chi connectivity index (χ4n) is 1.54. The van der Waals surface area contributed by atoms with E-state index in [-0.39, 0.29) is 0 Å². The van der Waals surface area contributed by atoms with Gasteiger partial charge in [-0.25, -0.2) is 0 Å². The number of rotatable bonds is 3. The van der Waals surface area contributed by atoms with Crippen LogP contribution in [0.3, 0.4) is 0 Å². The van der Waals surface area contributed by atoms with Crippen LogP contribution in [0, 0.1) is 0 Å². The third-order valence-corrected chi connectivity index (χ3v) is 2.33. The highest BCUT2D eigenvalue weighted by Gasteiger charge is 2.17. The standard InChI is InChI=1S/C11H14N2/c12-13-8-11(10-6-7-10)9-4-2-1-3-5-9/h1-5,13H,6-8,12H2. The fourth-order valence-corrected chi connectivity index (χ4v) is 1.54. The summed E-state index contributed by atoms with van der Waals surface area (Å²) in [5.74, 6) is 5.35. The molecule has 1 aromatic rings. The van der Waals surface area contributed by atoms with Gasteiger partial charge < -0.3 is 0 Å². The third-order valence-electron chi connectivity index (χ3n) is 2.33. The summed E-state index contributed by atoms with van der Waals surface area (Å²) in [4.78, 5) is 0. The first-order valence-corrected chi connectivity index (χ1v) is 4.61. The van der Waals surface area contributed by atoms with Crippen LogP contribution >= 0.6 is 0 Å². The topological polar surface area (TPSA) is 38.0 Å². The largest absolute Gasteiger partial charge is 0.271 e. The Labute approximate surface area is 78.4 Å². The Bertz CT molecular complexity index is 308. The molecule has 13 heavy (non-hydrogen) atoms. The van der Waals surface area contributed by atoms with E-state index in [4.69, 9.17) is 5.84 Å². The van der Waals surface area contributed by atoms with Gasteiger partial charge in [-0.05, 0) is 24.0 Å². The van der Waals surface area contributed by atoms with Crippen LogP contribution in [0.4, 0.5) is 0 Å². The van der Waals surface area contributed by atoms with Gasteiger partial charge in [-0.1, -0.05) is 35.9 Å². The average molecular weight is 174 g/mol. The smallest absolute Gasteiger partial charge is 0.0354 e. The van der Waals surface area contributed by atoms with Crippen LogP contribution < -0.4 is 11.3 Å². The first-order valence-electron chi connectivity index (χ1n) is 4.61. The molecule has 68 valence electrons. The predicted octanol–water partition coefficient (Wildman–Crippen LogP) is 1.70. The van der Waals surface area contributed by atoms with Gasteiger partial charge in [0.2, 0.25) is 0 Å². The molecule has 0 aromatic heterocycles. The lowest BCUT2D eigenvalue weighted by molar-refractivity contribution is 0.832. The molecule has 0 unspecified atom stereocenters. The molecule has 0 aliphatic heterocycles. The van der Waals surface area contributed by atoms with Crippen LogP contribution in [0.2, 0.25) is 0 Å². The van der Waals surface area contributed by atoms with Gasteiger partial charge in [0.05, 0.1) is 0 Å². The van der Waals surface area contributed by atoms with E-state index in [1.54, 1.807) is 5.57 Å². The van der Waals surface area contributed by atoms with Gasteiger partial charge in [0.25, 0.3) is 0 Å². The predicted molar refractivity (Wildman–Crippen MR) is 54.8 cm³/mol. The number of hydrogen-bond acceptors (Lipinski definition) is 2. The van der Waals surface area contributed by atoms with Gasteiger partial charge in [-0.2, -0.15) is 0 Å². The lowest BCUT2D eigenvalue weighted by atomic mass is 10.1. The summed E-state index contributed by atoms with van der Waals surface area (Å²) in [6, 6.07) is 10.4. The summed E-state index contributed by atoms with van der Waals surface area (Å²) in [6.07, 6.45) is 2.48. The Morgan fingerprint density at radius 3 is 2.46 bits per heavy atom. The molecule has 0 amide bonds. The number of allylic oxidation sites excluding steroid dienone is 1. The quantitative estimate of drug-likeness (QED) is 0.540. The normalized spacial score (nSPS) is 14.4. The molecule has 0 saturated heterocycles. The van der Waals surface area contributed by atoms with Crippen LogP contribution in [0.15, 0.2) is 35.9 Å². The molecule has 0 bridgehead atoms. The lowest BCUT2D eigenvalue weighted by Crippen LogP contribution is -2.23. The van der Waals surface area contributed by atoms with E-state index < -0.39 is 0 Å². The molecule has 0 spiro atoms. The van der Waals surface area contributed by atoms with Gasteiger partial charge in [0.1, 0.15) is 0 Å². The highest BCUT2D eigenvalue weighted by Crippen LogP contribution is 2.35. The molecule has 1 aliphatic rings. The maximum atomic E-state index is 5.35.